The molecule has 0 atom stereocenters. The molecule has 2 heterocycles. The minimum absolute atomic E-state index is 0.583. The molecule has 0 aliphatic heterocycles. The molecule has 0 radical (unpaired) electrons. The van der Waals surface area contributed by atoms with Crippen molar-refractivity contribution < 1.29 is 0 Å². The summed E-state index contributed by atoms with van der Waals surface area (Å²) in [4.78, 5) is 12.0. The van der Waals surface area contributed by atoms with Crippen LogP contribution in [-0.4, -0.2) is 19.5 Å². The summed E-state index contributed by atoms with van der Waals surface area (Å²) in [6.07, 6.45) is 3.09. The maximum absolute atomic E-state index is 5.26. The second-order valence-electron chi connectivity index (χ2n) is 2.39. The molecule has 2 aromatic heterocycles. The molecule has 12 heavy (non-hydrogen) atoms. The number of imidazole rings is 1. The van der Waals surface area contributed by atoms with Crippen LogP contribution < -0.4 is 11.3 Å². The van der Waals surface area contributed by atoms with Gasteiger partial charge in [-0.15, -0.1) is 0 Å². The van der Waals surface area contributed by atoms with Crippen LogP contribution in [0.25, 0.3) is 11.2 Å². The summed E-state index contributed by atoms with van der Waals surface area (Å²) < 4.78 is 1.81. The predicted molar refractivity (Wildman–Crippen MR) is 44.1 cm³/mol. The molecule has 2 aromatic rings. The average Bonchev–Trinajstić information content (AvgIpc) is 2.48. The maximum Gasteiger partial charge on any atom is 0.183 e. The molecule has 0 saturated carbocycles. The van der Waals surface area contributed by atoms with E-state index in [1.165, 1.54) is 6.33 Å². The van der Waals surface area contributed by atoms with Gasteiger partial charge in [-0.2, -0.15) is 0 Å². The van der Waals surface area contributed by atoms with E-state index in [1.54, 1.807) is 6.33 Å². The fraction of sp³-hybridized carbons (Fsp3) is 0.167. The third-order valence-electron chi connectivity index (χ3n) is 1.65. The Labute approximate surface area is 68.4 Å². The fourth-order valence-electron chi connectivity index (χ4n) is 1.09. The first-order valence-electron chi connectivity index (χ1n) is 3.41. The molecular formula is C6H8N6. The van der Waals surface area contributed by atoms with Gasteiger partial charge in [0.1, 0.15) is 11.8 Å². The summed E-state index contributed by atoms with van der Waals surface area (Å²) in [7, 11) is 1.86. The monoisotopic (exact) mass is 164 g/mol. The SMILES string of the molecule is Cn1cnc2ncnc(NN)c21. The topological polar surface area (TPSA) is 81.7 Å². The largest absolute Gasteiger partial charge is 0.329 e. The van der Waals surface area contributed by atoms with Gasteiger partial charge in [0.2, 0.25) is 0 Å². The molecule has 0 spiro atoms. The second-order valence-corrected chi connectivity index (χ2v) is 2.39. The fourth-order valence-corrected chi connectivity index (χ4v) is 1.09. The summed E-state index contributed by atoms with van der Waals surface area (Å²) in [5.74, 6) is 5.85. The number of nitrogens with two attached hydrogens (primary N) is 1. The molecule has 0 bridgehead atoms. The van der Waals surface area contributed by atoms with Crippen molar-refractivity contribution in [2.45, 2.75) is 0 Å². The summed E-state index contributed by atoms with van der Waals surface area (Å²) in [6, 6.07) is 0. The molecule has 2 rings (SSSR count). The van der Waals surface area contributed by atoms with E-state index in [9.17, 15) is 0 Å². The number of nitrogen functional groups attached to an aromatic ring is 1. The highest BCUT2D eigenvalue weighted by atomic mass is 15.3. The lowest BCUT2D eigenvalue weighted by Crippen LogP contribution is -2.10. The van der Waals surface area contributed by atoms with Crippen molar-refractivity contribution in [2.75, 3.05) is 5.43 Å². The molecule has 0 aliphatic rings. The van der Waals surface area contributed by atoms with Crippen LogP contribution in [0.2, 0.25) is 0 Å². The predicted octanol–water partition coefficient (Wildman–Crippen LogP) is -0.351. The van der Waals surface area contributed by atoms with E-state index in [4.69, 9.17) is 5.84 Å². The molecular weight excluding hydrogens is 156 g/mol. The maximum atomic E-state index is 5.26. The van der Waals surface area contributed by atoms with Crippen LogP contribution in [-0.2, 0) is 7.05 Å². The second kappa shape index (κ2) is 2.42. The van der Waals surface area contributed by atoms with E-state index in [0.717, 1.165) is 5.52 Å². The van der Waals surface area contributed by atoms with Crippen molar-refractivity contribution in [2.24, 2.45) is 12.9 Å². The van der Waals surface area contributed by atoms with E-state index < -0.39 is 0 Å². The van der Waals surface area contributed by atoms with Crippen LogP contribution in [0, 0.1) is 0 Å². The highest BCUT2D eigenvalue weighted by molar-refractivity contribution is 5.82. The van der Waals surface area contributed by atoms with Crippen LogP contribution in [0.4, 0.5) is 5.82 Å². The van der Waals surface area contributed by atoms with Crippen molar-refractivity contribution >= 4 is 17.0 Å². The first-order valence-corrected chi connectivity index (χ1v) is 3.41. The molecule has 3 N–H and O–H groups in total. The Morgan fingerprint density at radius 1 is 1.42 bits per heavy atom. The Balaban J connectivity index is 2.84. The highest BCUT2D eigenvalue weighted by Gasteiger charge is 2.05. The number of nitrogens with one attached hydrogen (secondary N) is 1. The van der Waals surface area contributed by atoms with Gasteiger partial charge in [-0.25, -0.2) is 20.8 Å². The molecule has 6 heteroatoms. The van der Waals surface area contributed by atoms with E-state index in [0.29, 0.717) is 11.5 Å². The number of hydrogen-bond acceptors (Lipinski definition) is 5. The molecule has 0 aromatic carbocycles. The van der Waals surface area contributed by atoms with E-state index in [2.05, 4.69) is 20.4 Å². The first kappa shape index (κ1) is 6.99. The number of hydrogen-bond donors (Lipinski definition) is 2. The van der Waals surface area contributed by atoms with Crippen LogP contribution in [0.5, 0.6) is 0 Å². The van der Waals surface area contributed by atoms with Gasteiger partial charge in [-0.05, 0) is 0 Å². The van der Waals surface area contributed by atoms with Crippen molar-refractivity contribution in [3.63, 3.8) is 0 Å². The quantitative estimate of drug-likeness (QED) is 0.444. The number of hydrazine groups is 1. The standard InChI is InChI=1S/C6H8N6/c1-12-3-10-5-4(12)6(11-7)9-2-8-5/h2-3H,7H2,1H3,(H,8,9,11). The van der Waals surface area contributed by atoms with Crippen LogP contribution in [0.15, 0.2) is 12.7 Å². The number of rotatable bonds is 1. The summed E-state index contributed by atoms with van der Waals surface area (Å²) >= 11 is 0. The Morgan fingerprint density at radius 2 is 2.25 bits per heavy atom. The van der Waals surface area contributed by atoms with Crippen LogP contribution >= 0.6 is 0 Å². The van der Waals surface area contributed by atoms with Gasteiger partial charge in [0.15, 0.2) is 11.5 Å². The van der Waals surface area contributed by atoms with Crippen molar-refractivity contribution in [3.05, 3.63) is 12.7 Å². The highest BCUT2D eigenvalue weighted by Crippen LogP contribution is 2.14. The Morgan fingerprint density at radius 3 is 3.00 bits per heavy atom. The van der Waals surface area contributed by atoms with Gasteiger partial charge in [0, 0.05) is 7.05 Å². The summed E-state index contributed by atoms with van der Waals surface area (Å²) in [5, 5.41) is 0. The number of aryl methyl sites for hydroxylation is 1. The molecule has 0 fully saturated rings. The molecule has 62 valence electrons. The Bertz CT molecular complexity index is 405. The van der Waals surface area contributed by atoms with Gasteiger partial charge in [-0.1, -0.05) is 0 Å². The van der Waals surface area contributed by atoms with Crippen molar-refractivity contribution in [3.8, 4) is 0 Å². The van der Waals surface area contributed by atoms with Gasteiger partial charge < -0.3 is 9.99 Å². The average molecular weight is 164 g/mol. The van der Waals surface area contributed by atoms with E-state index in [1.807, 2.05) is 11.6 Å². The molecule has 0 amide bonds. The summed E-state index contributed by atoms with van der Waals surface area (Å²) in [6.45, 7) is 0. The lowest BCUT2D eigenvalue weighted by molar-refractivity contribution is 0.944. The van der Waals surface area contributed by atoms with Gasteiger partial charge in [0.25, 0.3) is 0 Å². The Hall–Kier alpha value is -1.69. The number of aromatic nitrogens is 4. The molecule has 0 unspecified atom stereocenters. The normalized spacial score (nSPS) is 10.5. The van der Waals surface area contributed by atoms with Gasteiger partial charge in [-0.3, -0.25) is 0 Å². The molecule has 6 nitrogen and oxygen atoms in total. The van der Waals surface area contributed by atoms with Crippen LogP contribution in [0.3, 0.4) is 0 Å². The van der Waals surface area contributed by atoms with Crippen molar-refractivity contribution in [1.82, 2.24) is 19.5 Å². The van der Waals surface area contributed by atoms with E-state index in [-0.39, 0.29) is 0 Å². The zero-order chi connectivity index (χ0) is 8.55. The summed E-state index contributed by atoms with van der Waals surface area (Å²) in [5.41, 5.74) is 3.93. The zero-order valence-corrected chi connectivity index (χ0v) is 6.52. The third-order valence-corrected chi connectivity index (χ3v) is 1.65. The Kier molecular flexibility index (Phi) is 1.41. The van der Waals surface area contributed by atoms with E-state index >= 15 is 0 Å². The molecule has 0 aliphatic carbocycles. The van der Waals surface area contributed by atoms with Gasteiger partial charge in [0.05, 0.1) is 6.33 Å². The van der Waals surface area contributed by atoms with Crippen LogP contribution in [0.1, 0.15) is 0 Å². The first-order chi connectivity index (χ1) is 5.83. The lowest BCUT2D eigenvalue weighted by Gasteiger charge is -2.00. The number of nitrogens with zero attached hydrogens (tertiary/aromatic N) is 4. The number of fused-ring (bicyclic) bond motifs is 1. The smallest absolute Gasteiger partial charge is 0.183 e. The third kappa shape index (κ3) is 0.817. The minimum Gasteiger partial charge on any atom is -0.329 e. The lowest BCUT2D eigenvalue weighted by atomic mass is 10.5. The molecule has 0 saturated heterocycles. The zero-order valence-electron chi connectivity index (χ0n) is 6.52. The van der Waals surface area contributed by atoms with Gasteiger partial charge >= 0.3 is 0 Å². The minimum atomic E-state index is 0.583. The number of anilines is 1. The van der Waals surface area contributed by atoms with Crippen molar-refractivity contribution in [1.29, 1.82) is 0 Å².